The van der Waals surface area contributed by atoms with E-state index >= 15 is 0 Å². The summed E-state index contributed by atoms with van der Waals surface area (Å²) >= 11 is 0. The summed E-state index contributed by atoms with van der Waals surface area (Å²) < 4.78 is 41.9. The normalized spacial score (nSPS) is 18.3. The van der Waals surface area contributed by atoms with Crippen molar-refractivity contribution in [3.63, 3.8) is 0 Å². The first kappa shape index (κ1) is 22.8. The second-order valence-electron chi connectivity index (χ2n) is 8.77. The monoisotopic (exact) mass is 481 g/mol. The van der Waals surface area contributed by atoms with E-state index in [4.69, 9.17) is 0 Å². The topological polar surface area (TPSA) is 84.0 Å². The van der Waals surface area contributed by atoms with Crippen LogP contribution in [0.5, 0.6) is 5.75 Å². The van der Waals surface area contributed by atoms with Crippen LogP contribution in [0, 0.1) is 6.92 Å². The van der Waals surface area contributed by atoms with Crippen molar-refractivity contribution in [2.24, 2.45) is 0 Å². The summed E-state index contributed by atoms with van der Waals surface area (Å²) in [5.74, 6) is 0.433. The molecule has 0 spiro atoms. The minimum absolute atomic E-state index is 0.183. The highest BCUT2D eigenvalue weighted by molar-refractivity contribution is 6.01. The van der Waals surface area contributed by atoms with Crippen LogP contribution in [0.25, 0.3) is 22.4 Å². The van der Waals surface area contributed by atoms with Gasteiger partial charge in [0.25, 0.3) is 5.91 Å². The molecule has 1 saturated heterocycles. The molecule has 0 unspecified atom stereocenters. The first-order chi connectivity index (χ1) is 16.6. The first-order valence-electron chi connectivity index (χ1n) is 11.1. The molecular weight excluding hydrogens is 459 g/mol. The summed E-state index contributed by atoms with van der Waals surface area (Å²) in [4.78, 5) is 32.0. The van der Waals surface area contributed by atoms with Crippen molar-refractivity contribution in [3.8, 4) is 17.1 Å². The molecule has 7 nitrogen and oxygen atoms in total. The quantitative estimate of drug-likeness (QED) is 0.423. The number of hydrogen-bond acceptors (Lipinski definition) is 5. The highest BCUT2D eigenvalue weighted by Gasteiger charge is 2.44. The second-order valence-corrected chi connectivity index (χ2v) is 8.77. The molecule has 0 radical (unpaired) electrons. The fourth-order valence-corrected chi connectivity index (χ4v) is 4.59. The van der Waals surface area contributed by atoms with Crippen molar-refractivity contribution in [2.45, 2.75) is 38.6 Å². The van der Waals surface area contributed by atoms with Gasteiger partial charge < -0.3 is 14.6 Å². The van der Waals surface area contributed by atoms with Gasteiger partial charge in [-0.05, 0) is 51.0 Å². The third kappa shape index (κ3) is 4.31. The summed E-state index contributed by atoms with van der Waals surface area (Å²) in [6.07, 6.45) is -0.136. The molecule has 1 aliphatic rings. The molecule has 1 amide bonds. The third-order valence-electron chi connectivity index (χ3n) is 6.30. The molecule has 0 saturated carbocycles. The lowest BCUT2D eigenvalue weighted by Crippen LogP contribution is -2.43. The molecule has 1 fully saturated rings. The van der Waals surface area contributed by atoms with Gasteiger partial charge in [-0.25, -0.2) is 15.0 Å². The Morgan fingerprint density at radius 1 is 1.14 bits per heavy atom. The Balaban J connectivity index is 1.52. The van der Waals surface area contributed by atoms with Crippen molar-refractivity contribution in [1.29, 1.82) is 0 Å². The average Bonchev–Trinajstić information content (AvgIpc) is 3.42. The molecule has 10 heteroatoms. The predicted molar refractivity (Wildman–Crippen MR) is 123 cm³/mol. The number of nitrogens with zero attached hydrogens (tertiary/aromatic N) is 4. The van der Waals surface area contributed by atoms with E-state index in [1.165, 1.54) is 18.2 Å². The molecule has 0 bridgehead atoms. The standard InChI is InChI=1S/C25H22F3N5O2/c1-15-5-7-17(21-29-10-4-11-30-21)18(13-15)22(34)33-12-3-9-24(33,2)23-31-19-8-6-16(14-20(19)32-23)35-25(26,27)28/h4-8,10-11,13-14H,3,9,12H2,1-2H3,(H,31,32)/t24-/m0/s1. The SMILES string of the molecule is Cc1ccc(-c2ncccn2)c(C(=O)N2CCC[C@@]2(C)c2nc3cc(OC(F)(F)F)ccc3[nH]2)c1. The number of rotatable bonds is 4. The van der Waals surface area contributed by atoms with Gasteiger partial charge in [-0.2, -0.15) is 0 Å². The van der Waals surface area contributed by atoms with Gasteiger partial charge in [0.1, 0.15) is 11.6 Å². The Bertz CT molecular complexity index is 1400. The van der Waals surface area contributed by atoms with E-state index in [9.17, 15) is 18.0 Å². The summed E-state index contributed by atoms with van der Waals surface area (Å²) in [5.41, 5.74) is 2.16. The van der Waals surface area contributed by atoms with E-state index in [1.807, 2.05) is 32.0 Å². The Labute approximate surface area is 199 Å². The second kappa shape index (κ2) is 8.37. The zero-order valence-electron chi connectivity index (χ0n) is 19.1. The van der Waals surface area contributed by atoms with Gasteiger partial charge in [-0.1, -0.05) is 17.7 Å². The Kier molecular flexibility index (Phi) is 5.46. The van der Waals surface area contributed by atoms with Gasteiger partial charge in [0.15, 0.2) is 5.82 Å². The number of imidazole rings is 1. The number of fused-ring (bicyclic) bond motifs is 1. The van der Waals surface area contributed by atoms with Gasteiger partial charge in [-0.15, -0.1) is 13.2 Å². The maximum Gasteiger partial charge on any atom is 0.573 e. The fourth-order valence-electron chi connectivity index (χ4n) is 4.59. The molecule has 180 valence electrons. The number of alkyl halides is 3. The van der Waals surface area contributed by atoms with Crippen LogP contribution < -0.4 is 4.74 Å². The third-order valence-corrected chi connectivity index (χ3v) is 6.30. The van der Waals surface area contributed by atoms with Crippen molar-refractivity contribution in [3.05, 3.63) is 71.8 Å². The minimum Gasteiger partial charge on any atom is -0.406 e. The zero-order chi connectivity index (χ0) is 24.8. The Hall–Kier alpha value is -3.95. The Morgan fingerprint density at radius 2 is 1.91 bits per heavy atom. The van der Waals surface area contributed by atoms with Crippen LogP contribution in [0.3, 0.4) is 0 Å². The number of aromatic amines is 1. The smallest absolute Gasteiger partial charge is 0.406 e. The van der Waals surface area contributed by atoms with Crippen molar-refractivity contribution in [2.75, 3.05) is 6.54 Å². The van der Waals surface area contributed by atoms with Gasteiger partial charge in [0.05, 0.1) is 22.1 Å². The number of aryl methyl sites for hydroxylation is 1. The van der Waals surface area contributed by atoms with Crippen LogP contribution in [0.4, 0.5) is 13.2 Å². The number of amides is 1. The molecule has 3 heterocycles. The number of aromatic nitrogens is 4. The lowest BCUT2D eigenvalue weighted by Gasteiger charge is -2.34. The van der Waals surface area contributed by atoms with Crippen molar-refractivity contribution < 1.29 is 22.7 Å². The van der Waals surface area contributed by atoms with Crippen LogP contribution in [-0.2, 0) is 5.54 Å². The van der Waals surface area contributed by atoms with E-state index in [0.717, 1.165) is 12.0 Å². The highest BCUT2D eigenvalue weighted by atomic mass is 19.4. The lowest BCUT2D eigenvalue weighted by molar-refractivity contribution is -0.274. The number of H-pyrrole nitrogens is 1. The maximum absolute atomic E-state index is 13.9. The number of benzene rings is 2. The fraction of sp³-hybridized carbons (Fsp3) is 0.280. The van der Waals surface area contributed by atoms with E-state index < -0.39 is 11.9 Å². The van der Waals surface area contributed by atoms with Crippen LogP contribution in [0.2, 0.25) is 0 Å². The lowest BCUT2D eigenvalue weighted by atomic mass is 9.95. The molecule has 2 aromatic heterocycles. The van der Waals surface area contributed by atoms with Gasteiger partial charge in [-0.3, -0.25) is 4.79 Å². The predicted octanol–water partition coefficient (Wildman–Crippen LogP) is 5.38. The average molecular weight is 481 g/mol. The maximum atomic E-state index is 13.9. The van der Waals surface area contributed by atoms with Crippen LogP contribution >= 0.6 is 0 Å². The molecular formula is C25H22F3N5O2. The molecule has 2 aromatic carbocycles. The van der Waals surface area contributed by atoms with Crippen LogP contribution in [0.15, 0.2) is 54.9 Å². The number of halogens is 3. The zero-order valence-corrected chi connectivity index (χ0v) is 19.1. The summed E-state index contributed by atoms with van der Waals surface area (Å²) in [5, 5.41) is 0. The number of ether oxygens (including phenoxy) is 1. The molecule has 1 N–H and O–H groups in total. The van der Waals surface area contributed by atoms with Gasteiger partial charge in [0, 0.05) is 30.6 Å². The molecule has 1 aliphatic heterocycles. The van der Waals surface area contributed by atoms with E-state index in [1.54, 1.807) is 23.4 Å². The van der Waals surface area contributed by atoms with E-state index in [-0.39, 0.29) is 11.7 Å². The first-order valence-corrected chi connectivity index (χ1v) is 11.1. The number of carbonyl (C=O) groups excluding carboxylic acids is 1. The number of hydrogen-bond donors (Lipinski definition) is 1. The Morgan fingerprint density at radius 3 is 2.66 bits per heavy atom. The van der Waals surface area contributed by atoms with E-state index in [2.05, 4.69) is 24.7 Å². The van der Waals surface area contributed by atoms with Gasteiger partial charge in [0.2, 0.25) is 0 Å². The molecule has 5 rings (SSSR count). The molecule has 35 heavy (non-hydrogen) atoms. The van der Waals surface area contributed by atoms with E-state index in [0.29, 0.717) is 46.8 Å². The van der Waals surface area contributed by atoms with Crippen molar-refractivity contribution in [1.82, 2.24) is 24.8 Å². The number of nitrogens with one attached hydrogen (secondary N) is 1. The largest absolute Gasteiger partial charge is 0.573 e. The summed E-state index contributed by atoms with van der Waals surface area (Å²) in [6.45, 7) is 4.34. The molecule has 1 atom stereocenters. The number of carbonyl (C=O) groups is 1. The molecule has 0 aliphatic carbocycles. The highest BCUT2D eigenvalue weighted by Crippen LogP contribution is 2.40. The minimum atomic E-state index is -4.79. The van der Waals surface area contributed by atoms with Crippen LogP contribution in [-0.4, -0.2) is 43.7 Å². The summed E-state index contributed by atoms with van der Waals surface area (Å²) in [7, 11) is 0. The van der Waals surface area contributed by atoms with Crippen molar-refractivity contribution >= 4 is 16.9 Å². The summed E-state index contributed by atoms with van der Waals surface area (Å²) in [6, 6.07) is 11.2. The van der Waals surface area contributed by atoms with Gasteiger partial charge >= 0.3 is 6.36 Å². The van der Waals surface area contributed by atoms with Crippen LogP contribution in [0.1, 0.15) is 41.5 Å². The molecule has 4 aromatic rings. The number of likely N-dealkylation sites (tertiary alicyclic amines) is 1.